The van der Waals surface area contributed by atoms with Crippen LogP contribution in [0.2, 0.25) is 5.02 Å². The summed E-state index contributed by atoms with van der Waals surface area (Å²) in [5.74, 6) is -0.927. The normalized spacial score (nSPS) is 11.3. The number of hydrogen-bond acceptors (Lipinski definition) is 1. The molecule has 0 unspecified atom stereocenters. The van der Waals surface area contributed by atoms with Crippen LogP contribution in [0.15, 0.2) is 60.2 Å². The van der Waals surface area contributed by atoms with Gasteiger partial charge in [0.1, 0.15) is 0 Å². The SMILES string of the molecule is O=C(O)/C(=C/c1ccccc1Cl)Cc1ccccc1. The Hall–Kier alpha value is -2.06. The van der Waals surface area contributed by atoms with Crippen molar-refractivity contribution in [3.63, 3.8) is 0 Å². The van der Waals surface area contributed by atoms with E-state index in [1.165, 1.54) is 0 Å². The fourth-order valence-corrected chi connectivity index (χ4v) is 1.97. The van der Waals surface area contributed by atoms with Crippen molar-refractivity contribution in [3.05, 3.63) is 76.3 Å². The zero-order valence-corrected chi connectivity index (χ0v) is 11.0. The van der Waals surface area contributed by atoms with Gasteiger partial charge in [0.2, 0.25) is 0 Å². The number of rotatable bonds is 4. The largest absolute Gasteiger partial charge is 0.478 e. The summed E-state index contributed by atoms with van der Waals surface area (Å²) in [6.45, 7) is 0. The topological polar surface area (TPSA) is 37.3 Å². The number of carboxylic acid groups (broad SMARTS) is 1. The maximum Gasteiger partial charge on any atom is 0.331 e. The smallest absolute Gasteiger partial charge is 0.331 e. The second-order valence-electron chi connectivity index (χ2n) is 4.16. The molecule has 0 saturated heterocycles. The molecule has 3 heteroatoms. The van der Waals surface area contributed by atoms with Crippen LogP contribution in [0.3, 0.4) is 0 Å². The van der Waals surface area contributed by atoms with E-state index in [9.17, 15) is 9.90 Å². The van der Waals surface area contributed by atoms with Gasteiger partial charge in [-0.2, -0.15) is 0 Å². The van der Waals surface area contributed by atoms with Crippen molar-refractivity contribution in [3.8, 4) is 0 Å². The molecular weight excluding hydrogens is 260 g/mol. The summed E-state index contributed by atoms with van der Waals surface area (Å²) in [4.78, 5) is 11.3. The first-order chi connectivity index (χ1) is 9.16. The van der Waals surface area contributed by atoms with Crippen molar-refractivity contribution in [2.24, 2.45) is 0 Å². The molecule has 2 aromatic carbocycles. The molecule has 2 rings (SSSR count). The van der Waals surface area contributed by atoms with Crippen LogP contribution in [-0.4, -0.2) is 11.1 Å². The Morgan fingerprint density at radius 3 is 2.32 bits per heavy atom. The fourth-order valence-electron chi connectivity index (χ4n) is 1.78. The Bertz CT molecular complexity index is 603. The number of hydrogen-bond donors (Lipinski definition) is 1. The van der Waals surface area contributed by atoms with E-state index in [0.29, 0.717) is 17.0 Å². The average molecular weight is 273 g/mol. The highest BCUT2D eigenvalue weighted by molar-refractivity contribution is 6.32. The summed E-state index contributed by atoms with van der Waals surface area (Å²) in [7, 11) is 0. The van der Waals surface area contributed by atoms with Crippen molar-refractivity contribution in [1.29, 1.82) is 0 Å². The van der Waals surface area contributed by atoms with Crippen LogP contribution >= 0.6 is 11.6 Å². The maximum atomic E-state index is 11.3. The Labute approximate surface area is 117 Å². The zero-order chi connectivity index (χ0) is 13.7. The van der Waals surface area contributed by atoms with Crippen LogP contribution in [0.25, 0.3) is 6.08 Å². The monoisotopic (exact) mass is 272 g/mol. The Balaban J connectivity index is 2.31. The summed E-state index contributed by atoms with van der Waals surface area (Å²) < 4.78 is 0. The van der Waals surface area contributed by atoms with Gasteiger partial charge in [-0.25, -0.2) is 4.79 Å². The average Bonchev–Trinajstić information content (AvgIpc) is 2.41. The van der Waals surface area contributed by atoms with Crippen molar-refractivity contribution in [2.45, 2.75) is 6.42 Å². The van der Waals surface area contributed by atoms with E-state index in [1.807, 2.05) is 42.5 Å². The van der Waals surface area contributed by atoms with Gasteiger partial charge in [0.15, 0.2) is 0 Å². The first-order valence-corrected chi connectivity index (χ1v) is 6.27. The molecule has 19 heavy (non-hydrogen) atoms. The van der Waals surface area contributed by atoms with Crippen LogP contribution in [0.1, 0.15) is 11.1 Å². The van der Waals surface area contributed by atoms with E-state index >= 15 is 0 Å². The van der Waals surface area contributed by atoms with Gasteiger partial charge >= 0.3 is 5.97 Å². The van der Waals surface area contributed by atoms with E-state index in [0.717, 1.165) is 11.1 Å². The Kier molecular flexibility index (Phi) is 4.37. The molecule has 0 saturated carbocycles. The van der Waals surface area contributed by atoms with Gasteiger partial charge in [0.25, 0.3) is 0 Å². The van der Waals surface area contributed by atoms with Gasteiger partial charge in [-0.15, -0.1) is 0 Å². The zero-order valence-electron chi connectivity index (χ0n) is 10.2. The highest BCUT2D eigenvalue weighted by Crippen LogP contribution is 2.20. The molecule has 0 aromatic heterocycles. The molecule has 0 atom stereocenters. The highest BCUT2D eigenvalue weighted by atomic mass is 35.5. The molecule has 0 fully saturated rings. The van der Waals surface area contributed by atoms with Gasteiger partial charge < -0.3 is 5.11 Å². The van der Waals surface area contributed by atoms with Crippen LogP contribution in [0.4, 0.5) is 0 Å². The predicted octanol–water partition coefficient (Wildman–Crippen LogP) is 4.05. The van der Waals surface area contributed by atoms with Crippen molar-refractivity contribution in [2.75, 3.05) is 0 Å². The van der Waals surface area contributed by atoms with Gasteiger partial charge in [-0.3, -0.25) is 0 Å². The third-order valence-corrected chi connectivity index (χ3v) is 3.09. The third-order valence-electron chi connectivity index (χ3n) is 2.75. The summed E-state index contributed by atoms with van der Waals surface area (Å²) >= 11 is 6.04. The molecule has 0 aliphatic rings. The van der Waals surface area contributed by atoms with Crippen LogP contribution < -0.4 is 0 Å². The van der Waals surface area contributed by atoms with E-state index in [4.69, 9.17) is 11.6 Å². The van der Waals surface area contributed by atoms with Crippen molar-refractivity contribution >= 4 is 23.6 Å². The van der Waals surface area contributed by atoms with Crippen LogP contribution in [-0.2, 0) is 11.2 Å². The lowest BCUT2D eigenvalue weighted by atomic mass is 10.0. The minimum atomic E-state index is -0.927. The molecule has 0 bridgehead atoms. The molecule has 2 nitrogen and oxygen atoms in total. The van der Waals surface area contributed by atoms with Gasteiger partial charge in [0.05, 0.1) is 0 Å². The van der Waals surface area contributed by atoms with Gasteiger partial charge in [0, 0.05) is 17.0 Å². The maximum absolute atomic E-state index is 11.3. The number of carboxylic acids is 1. The number of aliphatic carboxylic acids is 1. The molecule has 2 aromatic rings. The lowest BCUT2D eigenvalue weighted by molar-refractivity contribution is -0.132. The van der Waals surface area contributed by atoms with E-state index in [2.05, 4.69) is 0 Å². The molecule has 0 spiro atoms. The molecule has 0 radical (unpaired) electrons. The molecule has 96 valence electrons. The lowest BCUT2D eigenvalue weighted by Crippen LogP contribution is -2.03. The predicted molar refractivity (Wildman–Crippen MR) is 77.2 cm³/mol. The second kappa shape index (κ2) is 6.21. The molecule has 0 heterocycles. The second-order valence-corrected chi connectivity index (χ2v) is 4.57. The van der Waals surface area contributed by atoms with Gasteiger partial charge in [-0.1, -0.05) is 60.1 Å². The first kappa shape index (κ1) is 13.4. The van der Waals surface area contributed by atoms with Gasteiger partial charge in [-0.05, 0) is 23.3 Å². The van der Waals surface area contributed by atoms with E-state index in [1.54, 1.807) is 18.2 Å². The first-order valence-electron chi connectivity index (χ1n) is 5.89. The lowest BCUT2D eigenvalue weighted by Gasteiger charge is -2.04. The van der Waals surface area contributed by atoms with Crippen LogP contribution in [0.5, 0.6) is 0 Å². The molecule has 0 amide bonds. The standard InChI is InChI=1S/C16H13ClO2/c17-15-9-5-4-8-13(15)11-14(16(18)19)10-12-6-2-1-3-7-12/h1-9,11H,10H2,(H,18,19)/b14-11+. The summed E-state index contributed by atoms with van der Waals surface area (Å²) in [6, 6.07) is 16.7. The van der Waals surface area contributed by atoms with E-state index < -0.39 is 5.97 Å². The van der Waals surface area contributed by atoms with Crippen molar-refractivity contribution < 1.29 is 9.90 Å². The molecular formula is C16H13ClO2. The quantitative estimate of drug-likeness (QED) is 0.853. The minimum Gasteiger partial charge on any atom is -0.478 e. The summed E-state index contributed by atoms with van der Waals surface area (Å²) in [5, 5.41) is 9.83. The molecule has 0 aliphatic carbocycles. The number of benzene rings is 2. The number of halogens is 1. The molecule has 0 aliphatic heterocycles. The Morgan fingerprint density at radius 2 is 1.68 bits per heavy atom. The summed E-state index contributed by atoms with van der Waals surface area (Å²) in [6.07, 6.45) is 2.00. The fraction of sp³-hybridized carbons (Fsp3) is 0.0625. The Morgan fingerprint density at radius 1 is 1.05 bits per heavy atom. The third kappa shape index (κ3) is 3.70. The van der Waals surface area contributed by atoms with Crippen molar-refractivity contribution in [1.82, 2.24) is 0 Å². The molecule has 1 N–H and O–H groups in total. The van der Waals surface area contributed by atoms with Crippen LogP contribution in [0, 0.1) is 0 Å². The van der Waals surface area contributed by atoms with E-state index in [-0.39, 0.29) is 0 Å². The summed E-state index contributed by atoms with van der Waals surface area (Å²) in [5.41, 5.74) is 2.00. The highest BCUT2D eigenvalue weighted by Gasteiger charge is 2.09. The number of carbonyl (C=O) groups is 1. The minimum absolute atomic E-state index is 0.319.